The lowest BCUT2D eigenvalue weighted by atomic mass is 9.89. The molecule has 9 heteroatoms. The van der Waals surface area contributed by atoms with Crippen LogP contribution in [0, 0.1) is 12.8 Å². The SMILES string of the molecule is CCNS(C)(=O)=O.Cc1csc(N(C)CC2CCCCC2)n1.c1cscn1. The summed E-state index contributed by atoms with van der Waals surface area (Å²) in [5, 5.41) is 5.24. The van der Waals surface area contributed by atoms with E-state index in [4.69, 9.17) is 0 Å². The van der Waals surface area contributed by atoms with Crippen molar-refractivity contribution in [3.63, 3.8) is 0 Å². The average Bonchev–Trinajstić information content (AvgIpc) is 3.30. The van der Waals surface area contributed by atoms with Gasteiger partial charge in [0.2, 0.25) is 10.0 Å². The fourth-order valence-corrected chi connectivity index (χ4v) is 4.45. The highest BCUT2D eigenvalue weighted by molar-refractivity contribution is 7.88. The van der Waals surface area contributed by atoms with Gasteiger partial charge in [0.1, 0.15) is 0 Å². The predicted molar refractivity (Wildman–Crippen MR) is 117 cm³/mol. The van der Waals surface area contributed by atoms with E-state index >= 15 is 0 Å². The maximum absolute atomic E-state index is 10.1. The molecule has 6 nitrogen and oxygen atoms in total. The summed E-state index contributed by atoms with van der Waals surface area (Å²) in [5.74, 6) is 0.896. The molecule has 154 valence electrons. The minimum Gasteiger partial charge on any atom is -0.351 e. The zero-order valence-corrected chi connectivity index (χ0v) is 19.2. The molecule has 1 fully saturated rings. The largest absolute Gasteiger partial charge is 0.351 e. The van der Waals surface area contributed by atoms with E-state index in [0.717, 1.165) is 17.9 Å². The van der Waals surface area contributed by atoms with Crippen LogP contribution in [0.1, 0.15) is 44.7 Å². The lowest BCUT2D eigenvalue weighted by Crippen LogP contribution is -2.26. The second-order valence-corrected chi connectivity index (χ2v) is 10.0. The molecule has 2 aromatic rings. The minimum absolute atomic E-state index is 0.471. The topological polar surface area (TPSA) is 75.2 Å². The smallest absolute Gasteiger partial charge is 0.208 e. The van der Waals surface area contributed by atoms with Gasteiger partial charge in [-0.15, -0.1) is 22.7 Å². The van der Waals surface area contributed by atoms with Gasteiger partial charge in [-0.3, -0.25) is 4.98 Å². The third kappa shape index (κ3) is 12.1. The molecule has 0 amide bonds. The molecule has 0 saturated heterocycles. The van der Waals surface area contributed by atoms with Crippen molar-refractivity contribution in [3.8, 4) is 0 Å². The fraction of sp³-hybridized carbons (Fsp3) is 0.667. The molecule has 2 aromatic heterocycles. The van der Waals surface area contributed by atoms with Crippen LogP contribution in [0.4, 0.5) is 5.13 Å². The maximum Gasteiger partial charge on any atom is 0.208 e. The van der Waals surface area contributed by atoms with E-state index in [9.17, 15) is 8.42 Å². The van der Waals surface area contributed by atoms with Gasteiger partial charge in [0, 0.05) is 37.1 Å². The summed E-state index contributed by atoms with van der Waals surface area (Å²) in [4.78, 5) is 10.6. The summed E-state index contributed by atoms with van der Waals surface area (Å²) < 4.78 is 22.5. The van der Waals surface area contributed by atoms with Crippen LogP contribution in [0.2, 0.25) is 0 Å². The number of aromatic nitrogens is 2. The first-order valence-electron chi connectivity index (χ1n) is 9.22. The summed E-state index contributed by atoms with van der Waals surface area (Å²) in [6, 6.07) is 0. The van der Waals surface area contributed by atoms with Crippen molar-refractivity contribution in [1.82, 2.24) is 14.7 Å². The zero-order chi connectivity index (χ0) is 20.1. The van der Waals surface area contributed by atoms with Gasteiger partial charge in [-0.05, 0) is 25.7 Å². The lowest BCUT2D eigenvalue weighted by Gasteiger charge is -2.26. The van der Waals surface area contributed by atoms with Gasteiger partial charge >= 0.3 is 0 Å². The Morgan fingerprint density at radius 2 is 2.00 bits per heavy atom. The van der Waals surface area contributed by atoms with Crippen molar-refractivity contribution in [2.75, 3.05) is 31.3 Å². The Kier molecular flexibility index (Phi) is 11.7. The molecule has 0 bridgehead atoms. The Labute approximate surface area is 172 Å². The van der Waals surface area contributed by atoms with Crippen molar-refractivity contribution in [1.29, 1.82) is 0 Å². The van der Waals surface area contributed by atoms with E-state index in [-0.39, 0.29) is 0 Å². The number of rotatable bonds is 5. The molecule has 1 aliphatic carbocycles. The van der Waals surface area contributed by atoms with Crippen molar-refractivity contribution in [3.05, 3.63) is 28.2 Å². The molecule has 0 aliphatic heterocycles. The molecule has 0 atom stereocenters. The van der Waals surface area contributed by atoms with Crippen LogP contribution in [0.5, 0.6) is 0 Å². The van der Waals surface area contributed by atoms with Gasteiger partial charge in [-0.1, -0.05) is 26.2 Å². The van der Waals surface area contributed by atoms with Crippen LogP contribution in [0.3, 0.4) is 0 Å². The Morgan fingerprint density at radius 1 is 1.30 bits per heavy atom. The molecular formula is C18H32N4O2S3. The first-order valence-corrected chi connectivity index (χ1v) is 12.9. The van der Waals surface area contributed by atoms with Crippen molar-refractivity contribution in [2.24, 2.45) is 5.92 Å². The monoisotopic (exact) mass is 432 g/mol. The highest BCUT2D eigenvalue weighted by atomic mass is 32.2. The molecule has 3 rings (SSSR count). The second kappa shape index (κ2) is 13.2. The van der Waals surface area contributed by atoms with E-state index in [1.165, 1.54) is 43.8 Å². The lowest BCUT2D eigenvalue weighted by molar-refractivity contribution is 0.362. The van der Waals surface area contributed by atoms with E-state index in [1.54, 1.807) is 41.3 Å². The highest BCUT2D eigenvalue weighted by Crippen LogP contribution is 2.26. The van der Waals surface area contributed by atoms with Crippen LogP contribution in [-0.4, -0.2) is 44.8 Å². The molecule has 27 heavy (non-hydrogen) atoms. The summed E-state index contributed by atoms with van der Waals surface area (Å²) in [5.41, 5.74) is 2.94. The predicted octanol–water partition coefficient (Wildman–Crippen LogP) is 4.17. The summed E-state index contributed by atoms with van der Waals surface area (Å²) in [7, 11) is -0.751. The third-order valence-electron chi connectivity index (χ3n) is 3.94. The zero-order valence-electron chi connectivity index (χ0n) is 16.7. The Hall–Kier alpha value is -1.03. The van der Waals surface area contributed by atoms with Gasteiger partial charge in [0.05, 0.1) is 17.5 Å². The molecule has 2 heterocycles. The summed E-state index contributed by atoms with van der Waals surface area (Å²) in [6.45, 7) is 5.46. The van der Waals surface area contributed by atoms with Crippen molar-refractivity contribution >= 4 is 37.8 Å². The van der Waals surface area contributed by atoms with Crippen LogP contribution in [0.25, 0.3) is 0 Å². The van der Waals surface area contributed by atoms with Gasteiger partial charge in [0.25, 0.3) is 0 Å². The number of nitrogens with zero attached hydrogens (tertiary/aromatic N) is 3. The van der Waals surface area contributed by atoms with E-state index in [2.05, 4.69) is 38.9 Å². The number of anilines is 1. The van der Waals surface area contributed by atoms with Crippen molar-refractivity contribution < 1.29 is 8.42 Å². The number of hydrogen-bond acceptors (Lipinski definition) is 7. The van der Waals surface area contributed by atoms with Gasteiger partial charge < -0.3 is 4.90 Å². The Balaban J connectivity index is 0.000000251. The molecule has 0 aromatic carbocycles. The second-order valence-electron chi connectivity index (χ2n) is 6.60. The molecular weight excluding hydrogens is 400 g/mol. The minimum atomic E-state index is -2.92. The molecule has 0 unspecified atom stereocenters. The number of thiazole rings is 2. The fourth-order valence-electron chi connectivity index (χ4n) is 2.79. The number of aryl methyl sites for hydroxylation is 1. The van der Waals surface area contributed by atoms with E-state index in [1.807, 2.05) is 5.38 Å². The standard InChI is InChI=1S/C12H20N2S.C3H9NO2S.C3H3NS/c1-10-9-15-12(13-10)14(2)8-11-6-4-3-5-7-11;1-3-4-7(2,5)6;1-2-5-3-4-1/h9,11H,3-8H2,1-2H3;4H,3H2,1-2H3;1-3H. The summed E-state index contributed by atoms with van der Waals surface area (Å²) >= 11 is 3.36. The first kappa shape index (κ1) is 24.0. The highest BCUT2D eigenvalue weighted by Gasteiger charge is 2.16. The number of nitrogens with one attached hydrogen (secondary N) is 1. The Morgan fingerprint density at radius 3 is 2.37 bits per heavy atom. The van der Waals surface area contributed by atoms with Crippen molar-refractivity contribution in [2.45, 2.75) is 46.0 Å². The first-order chi connectivity index (χ1) is 12.8. The Bertz CT molecular complexity index is 679. The normalized spacial score (nSPS) is 14.5. The van der Waals surface area contributed by atoms with Crippen LogP contribution in [-0.2, 0) is 10.0 Å². The maximum atomic E-state index is 10.1. The molecule has 1 saturated carbocycles. The van der Waals surface area contributed by atoms with E-state index < -0.39 is 10.0 Å². The van der Waals surface area contributed by atoms with Gasteiger partial charge in [-0.2, -0.15) is 0 Å². The van der Waals surface area contributed by atoms with Crippen LogP contribution < -0.4 is 9.62 Å². The number of hydrogen-bond donors (Lipinski definition) is 1. The molecule has 0 radical (unpaired) electrons. The number of sulfonamides is 1. The summed E-state index contributed by atoms with van der Waals surface area (Å²) in [6.07, 6.45) is 10.0. The molecule has 1 aliphatic rings. The quantitative estimate of drug-likeness (QED) is 0.767. The third-order valence-corrected chi connectivity index (χ3v) is 6.35. The van der Waals surface area contributed by atoms with Crippen LogP contribution >= 0.6 is 22.7 Å². The van der Waals surface area contributed by atoms with E-state index in [0.29, 0.717) is 6.54 Å². The van der Waals surface area contributed by atoms with Gasteiger partial charge in [-0.25, -0.2) is 18.1 Å². The molecule has 0 spiro atoms. The average molecular weight is 433 g/mol. The van der Waals surface area contributed by atoms with Crippen LogP contribution in [0.15, 0.2) is 22.5 Å². The molecule has 1 N–H and O–H groups in total. The van der Waals surface area contributed by atoms with Gasteiger partial charge in [0.15, 0.2) is 5.13 Å².